The van der Waals surface area contributed by atoms with E-state index >= 15 is 0 Å². The van der Waals surface area contributed by atoms with E-state index in [9.17, 15) is 0 Å². The summed E-state index contributed by atoms with van der Waals surface area (Å²) in [7, 11) is 0. The van der Waals surface area contributed by atoms with Gasteiger partial charge >= 0.3 is 0 Å². The van der Waals surface area contributed by atoms with Crippen molar-refractivity contribution in [2.24, 2.45) is 0 Å². The normalized spacial score (nSPS) is 10.5. The number of aryl methyl sites for hydroxylation is 2. The predicted molar refractivity (Wildman–Crippen MR) is 79.7 cm³/mol. The number of aromatic nitrogens is 2. The first-order valence-corrected chi connectivity index (χ1v) is 6.80. The van der Waals surface area contributed by atoms with Crippen LogP contribution in [0, 0.1) is 13.8 Å². The maximum atomic E-state index is 6.11. The lowest BCUT2D eigenvalue weighted by atomic mass is 10.1. The Morgan fingerprint density at radius 3 is 2.42 bits per heavy atom. The standard InChI is InChI=1S/C15H18ClN3/c1-4-13-18-14(16)11(3)15(19-13)17-9-12-7-5-10(2)6-8-12/h5-8H,4,9H2,1-3H3,(H,17,18,19). The topological polar surface area (TPSA) is 37.8 Å². The zero-order valence-electron chi connectivity index (χ0n) is 11.5. The Balaban J connectivity index is 2.14. The monoisotopic (exact) mass is 275 g/mol. The van der Waals surface area contributed by atoms with Gasteiger partial charge in [0, 0.05) is 18.5 Å². The van der Waals surface area contributed by atoms with Gasteiger partial charge < -0.3 is 5.32 Å². The van der Waals surface area contributed by atoms with Gasteiger partial charge in [-0.1, -0.05) is 48.4 Å². The Hall–Kier alpha value is -1.61. The second kappa shape index (κ2) is 6.02. The Kier molecular flexibility index (Phi) is 4.38. The minimum Gasteiger partial charge on any atom is -0.366 e. The van der Waals surface area contributed by atoms with Crippen molar-refractivity contribution in [3.05, 3.63) is 51.9 Å². The minimum absolute atomic E-state index is 0.526. The molecule has 0 spiro atoms. The lowest BCUT2D eigenvalue weighted by Gasteiger charge is -2.11. The van der Waals surface area contributed by atoms with Gasteiger partial charge in [0.05, 0.1) is 0 Å². The minimum atomic E-state index is 0.526. The van der Waals surface area contributed by atoms with Crippen LogP contribution in [-0.2, 0) is 13.0 Å². The smallest absolute Gasteiger partial charge is 0.137 e. The summed E-state index contributed by atoms with van der Waals surface area (Å²) in [5.41, 5.74) is 3.38. The molecule has 2 rings (SSSR count). The van der Waals surface area contributed by atoms with Gasteiger partial charge in [0.2, 0.25) is 0 Å². The Morgan fingerprint density at radius 1 is 1.11 bits per heavy atom. The third-order valence-corrected chi connectivity index (χ3v) is 3.40. The number of benzene rings is 1. The molecule has 3 nitrogen and oxygen atoms in total. The number of halogens is 1. The van der Waals surface area contributed by atoms with E-state index in [1.807, 2.05) is 13.8 Å². The molecular formula is C15H18ClN3. The van der Waals surface area contributed by atoms with Crippen molar-refractivity contribution in [3.8, 4) is 0 Å². The molecule has 0 saturated heterocycles. The average Bonchev–Trinajstić information content (AvgIpc) is 2.42. The van der Waals surface area contributed by atoms with E-state index in [0.29, 0.717) is 5.15 Å². The van der Waals surface area contributed by atoms with Crippen LogP contribution in [0.15, 0.2) is 24.3 Å². The molecule has 19 heavy (non-hydrogen) atoms. The summed E-state index contributed by atoms with van der Waals surface area (Å²) in [6, 6.07) is 8.44. The van der Waals surface area contributed by atoms with Crippen LogP contribution < -0.4 is 5.32 Å². The zero-order chi connectivity index (χ0) is 13.8. The van der Waals surface area contributed by atoms with Gasteiger partial charge in [-0.25, -0.2) is 9.97 Å². The average molecular weight is 276 g/mol. The van der Waals surface area contributed by atoms with Gasteiger partial charge in [0.1, 0.15) is 16.8 Å². The van der Waals surface area contributed by atoms with Crippen LogP contribution in [0.4, 0.5) is 5.82 Å². The Labute approximate surface area is 119 Å². The molecule has 0 amide bonds. The van der Waals surface area contributed by atoms with Crippen molar-refractivity contribution in [1.29, 1.82) is 0 Å². The van der Waals surface area contributed by atoms with Gasteiger partial charge in [-0.2, -0.15) is 0 Å². The summed E-state index contributed by atoms with van der Waals surface area (Å²) >= 11 is 6.11. The highest BCUT2D eigenvalue weighted by molar-refractivity contribution is 6.30. The number of hydrogen-bond donors (Lipinski definition) is 1. The summed E-state index contributed by atoms with van der Waals surface area (Å²) in [6.07, 6.45) is 0.777. The summed E-state index contributed by atoms with van der Waals surface area (Å²) in [4.78, 5) is 8.71. The molecule has 1 N–H and O–H groups in total. The van der Waals surface area contributed by atoms with Gasteiger partial charge in [0.25, 0.3) is 0 Å². The first kappa shape index (κ1) is 13.8. The van der Waals surface area contributed by atoms with Gasteiger partial charge in [-0.3, -0.25) is 0 Å². The highest BCUT2D eigenvalue weighted by Crippen LogP contribution is 2.20. The second-order valence-electron chi connectivity index (χ2n) is 4.60. The van der Waals surface area contributed by atoms with Crippen LogP contribution in [0.1, 0.15) is 29.4 Å². The lowest BCUT2D eigenvalue weighted by molar-refractivity contribution is 0.922. The molecule has 0 saturated carbocycles. The van der Waals surface area contributed by atoms with Gasteiger partial charge in [-0.15, -0.1) is 0 Å². The van der Waals surface area contributed by atoms with Gasteiger partial charge in [0.15, 0.2) is 0 Å². The SMILES string of the molecule is CCc1nc(Cl)c(C)c(NCc2ccc(C)cc2)n1. The first-order valence-electron chi connectivity index (χ1n) is 6.42. The molecule has 0 atom stereocenters. The van der Waals surface area contributed by atoms with Crippen molar-refractivity contribution in [2.75, 3.05) is 5.32 Å². The van der Waals surface area contributed by atoms with E-state index in [1.165, 1.54) is 11.1 Å². The number of anilines is 1. The zero-order valence-corrected chi connectivity index (χ0v) is 12.3. The van der Waals surface area contributed by atoms with E-state index in [4.69, 9.17) is 11.6 Å². The molecule has 0 aliphatic rings. The summed E-state index contributed by atoms with van der Waals surface area (Å²) in [6.45, 7) is 6.76. The third kappa shape index (κ3) is 3.44. The fourth-order valence-corrected chi connectivity index (χ4v) is 1.94. The van der Waals surface area contributed by atoms with E-state index < -0.39 is 0 Å². The molecule has 0 bridgehead atoms. The van der Waals surface area contributed by atoms with Crippen molar-refractivity contribution in [1.82, 2.24) is 9.97 Å². The van der Waals surface area contributed by atoms with E-state index in [0.717, 1.165) is 30.2 Å². The highest BCUT2D eigenvalue weighted by Gasteiger charge is 2.08. The van der Waals surface area contributed by atoms with Crippen LogP contribution in [0.25, 0.3) is 0 Å². The molecular weight excluding hydrogens is 258 g/mol. The predicted octanol–water partition coefficient (Wildman–Crippen LogP) is 3.92. The molecule has 0 fully saturated rings. The van der Waals surface area contributed by atoms with Crippen molar-refractivity contribution in [2.45, 2.75) is 33.7 Å². The summed E-state index contributed by atoms with van der Waals surface area (Å²) in [5.74, 6) is 1.58. The van der Waals surface area contributed by atoms with Crippen LogP contribution >= 0.6 is 11.6 Å². The summed E-state index contributed by atoms with van der Waals surface area (Å²) < 4.78 is 0. The number of hydrogen-bond acceptors (Lipinski definition) is 3. The lowest BCUT2D eigenvalue weighted by Crippen LogP contribution is -2.07. The molecule has 1 aromatic carbocycles. The molecule has 2 aromatic rings. The molecule has 0 aliphatic heterocycles. The van der Waals surface area contributed by atoms with Crippen molar-refractivity contribution in [3.63, 3.8) is 0 Å². The van der Waals surface area contributed by atoms with E-state index in [-0.39, 0.29) is 0 Å². The highest BCUT2D eigenvalue weighted by atomic mass is 35.5. The molecule has 1 aromatic heterocycles. The maximum Gasteiger partial charge on any atom is 0.137 e. The molecule has 0 radical (unpaired) electrons. The molecule has 1 heterocycles. The van der Waals surface area contributed by atoms with Crippen LogP contribution in [0.2, 0.25) is 5.15 Å². The molecule has 100 valence electrons. The van der Waals surface area contributed by atoms with Crippen molar-refractivity contribution >= 4 is 17.4 Å². The van der Waals surface area contributed by atoms with Gasteiger partial charge in [-0.05, 0) is 19.4 Å². The first-order chi connectivity index (χ1) is 9.10. The molecule has 0 aliphatic carbocycles. The quantitative estimate of drug-likeness (QED) is 0.860. The van der Waals surface area contributed by atoms with Crippen LogP contribution in [0.3, 0.4) is 0 Å². The van der Waals surface area contributed by atoms with E-state index in [2.05, 4.69) is 46.5 Å². The summed E-state index contributed by atoms with van der Waals surface area (Å²) in [5, 5.41) is 3.85. The molecule has 4 heteroatoms. The van der Waals surface area contributed by atoms with Crippen LogP contribution in [0.5, 0.6) is 0 Å². The maximum absolute atomic E-state index is 6.11. The Morgan fingerprint density at radius 2 is 1.79 bits per heavy atom. The fourth-order valence-electron chi connectivity index (χ4n) is 1.75. The largest absolute Gasteiger partial charge is 0.366 e. The number of nitrogens with zero attached hydrogens (tertiary/aromatic N) is 2. The third-order valence-electron chi connectivity index (χ3n) is 3.03. The fraction of sp³-hybridized carbons (Fsp3) is 0.333. The Bertz CT molecular complexity index is 564. The molecule has 0 unspecified atom stereocenters. The van der Waals surface area contributed by atoms with Crippen LogP contribution in [-0.4, -0.2) is 9.97 Å². The number of nitrogens with one attached hydrogen (secondary N) is 1. The van der Waals surface area contributed by atoms with E-state index in [1.54, 1.807) is 0 Å². The number of rotatable bonds is 4. The second-order valence-corrected chi connectivity index (χ2v) is 4.95. The van der Waals surface area contributed by atoms with Crippen molar-refractivity contribution < 1.29 is 0 Å².